The number of benzene rings is 1. The van der Waals surface area contributed by atoms with Crippen molar-refractivity contribution in [1.82, 2.24) is 37.2 Å². The highest BCUT2D eigenvalue weighted by Gasteiger charge is 2.60. The Bertz CT molecular complexity index is 2910. The van der Waals surface area contributed by atoms with E-state index in [4.69, 9.17) is 61.6 Å². The van der Waals surface area contributed by atoms with E-state index in [0.717, 1.165) is 78.2 Å². The molecule has 0 aliphatic carbocycles. The Morgan fingerprint density at radius 3 is 1.44 bits per heavy atom. The Labute approximate surface area is 619 Å². The van der Waals surface area contributed by atoms with E-state index in [2.05, 4.69) is 37.2 Å². The van der Waals surface area contributed by atoms with Gasteiger partial charge in [0.05, 0.1) is 45.7 Å². The first-order chi connectivity index (χ1) is 50.7. The molecule has 7 amide bonds. The molecule has 1 aromatic carbocycles. The molecule has 1 unspecified atom stereocenters. The molecule has 2 saturated heterocycles. The maximum atomic E-state index is 13.2. The molecule has 10 atom stereocenters. The summed E-state index contributed by atoms with van der Waals surface area (Å²) in [6.07, 6.45) is 2.65. The summed E-state index contributed by atoms with van der Waals surface area (Å²) < 4.78 is 73.2. The van der Waals surface area contributed by atoms with Crippen LogP contribution in [0.15, 0.2) is 30.3 Å². The summed E-state index contributed by atoms with van der Waals surface area (Å²) in [5.41, 5.74) is 0.946. The minimum atomic E-state index is -2.09. The van der Waals surface area contributed by atoms with Crippen molar-refractivity contribution < 1.29 is 129 Å². The molecule has 2 heterocycles. The molecule has 1 aromatic rings. The molecule has 0 spiro atoms. The number of carbonyl (C=O) groups excluding carboxylic acids is 14. The van der Waals surface area contributed by atoms with E-state index in [9.17, 15) is 67.1 Å². The molecular weight excluding hydrogens is 1390 g/mol. The molecule has 2 aliphatic rings. The summed E-state index contributed by atoms with van der Waals surface area (Å²) in [5, 5.41) is 19.4. The SMILES string of the molecule is CC(=O)N[C@H]1[C@H](OCCCCC(=O)NCCCNC(=O)CCOCC(COCCC(=O)NCCCNC(=O)CCCCO[C@@]2(OC(C)=O)[C@@H](NC(C)=O)CO[C@H](COC(C)=O)[C@@H]2OC(C)=O)NC(=O)CCCCCCCCCCC(=O)OCc2ccccc2)O[C@H](COC(C)=O)[C@H](OC(C)=O)[C@@H]1OC(C)=O. The predicted molar refractivity (Wildman–Crippen MR) is 374 cm³/mol. The van der Waals surface area contributed by atoms with Crippen LogP contribution in [-0.2, 0) is 135 Å². The van der Waals surface area contributed by atoms with Gasteiger partial charge in [0, 0.05) is 127 Å². The van der Waals surface area contributed by atoms with Crippen LogP contribution < -0.4 is 37.2 Å². The third-order valence-corrected chi connectivity index (χ3v) is 16.1. The predicted octanol–water partition coefficient (Wildman–Crippen LogP) is 2.86. The zero-order valence-corrected chi connectivity index (χ0v) is 62.6. The number of esters is 7. The molecule has 2 fully saturated rings. The van der Waals surface area contributed by atoms with Gasteiger partial charge < -0.3 is 98.8 Å². The van der Waals surface area contributed by atoms with E-state index >= 15 is 0 Å². The third kappa shape index (κ3) is 40.9. The number of rotatable bonds is 54. The second-order valence-electron chi connectivity index (χ2n) is 25.6. The van der Waals surface area contributed by atoms with Crippen molar-refractivity contribution in [3.8, 4) is 0 Å². The third-order valence-electron chi connectivity index (χ3n) is 16.1. The van der Waals surface area contributed by atoms with Gasteiger partial charge in [0.1, 0.15) is 44.1 Å². The number of amides is 7. The molecule has 2 aliphatic heterocycles. The van der Waals surface area contributed by atoms with Crippen LogP contribution >= 0.6 is 0 Å². The minimum absolute atomic E-state index is 0.00253. The number of nitrogens with one attached hydrogen (secondary N) is 7. The van der Waals surface area contributed by atoms with E-state index in [0.29, 0.717) is 44.9 Å². The first kappa shape index (κ1) is 91.8. The van der Waals surface area contributed by atoms with Crippen molar-refractivity contribution in [3.63, 3.8) is 0 Å². The molecule has 34 heteroatoms. The fourth-order valence-electron chi connectivity index (χ4n) is 11.2. The van der Waals surface area contributed by atoms with Crippen LogP contribution in [0.5, 0.6) is 0 Å². The van der Waals surface area contributed by atoms with Gasteiger partial charge in [0.2, 0.25) is 41.4 Å². The average molecular weight is 1510 g/mol. The Hall–Kier alpha value is -8.44. The van der Waals surface area contributed by atoms with Crippen molar-refractivity contribution in [1.29, 1.82) is 0 Å². The van der Waals surface area contributed by atoms with E-state index in [-0.39, 0.29) is 166 Å². The molecule has 7 N–H and O–H groups in total. The monoisotopic (exact) mass is 1510 g/mol. The number of hydrogen-bond donors (Lipinski definition) is 7. The second kappa shape index (κ2) is 53.4. The van der Waals surface area contributed by atoms with Gasteiger partial charge in [-0.25, -0.2) is 0 Å². The summed E-state index contributed by atoms with van der Waals surface area (Å²) >= 11 is 0. The first-order valence-electron chi connectivity index (χ1n) is 36.4. The summed E-state index contributed by atoms with van der Waals surface area (Å²) in [4.78, 5) is 173. The Morgan fingerprint density at radius 1 is 0.462 bits per heavy atom. The van der Waals surface area contributed by atoms with E-state index in [1.165, 1.54) is 27.7 Å². The molecule has 106 heavy (non-hydrogen) atoms. The van der Waals surface area contributed by atoms with Gasteiger partial charge in [0.25, 0.3) is 5.79 Å². The highest BCUT2D eigenvalue weighted by molar-refractivity contribution is 5.78. The zero-order valence-electron chi connectivity index (χ0n) is 62.6. The Morgan fingerprint density at radius 2 is 0.934 bits per heavy atom. The smallest absolute Gasteiger partial charge is 0.306 e. The molecule has 0 bridgehead atoms. The van der Waals surface area contributed by atoms with Crippen molar-refractivity contribution in [3.05, 3.63) is 35.9 Å². The van der Waals surface area contributed by atoms with Gasteiger partial charge in [-0.05, 0) is 56.9 Å². The number of unbranched alkanes of at least 4 members (excludes halogenated alkanes) is 9. The number of hydrogen-bond acceptors (Lipinski definition) is 27. The summed E-state index contributed by atoms with van der Waals surface area (Å²) in [5.74, 6) is -9.09. The summed E-state index contributed by atoms with van der Waals surface area (Å²) in [6, 6.07) is 6.65. The van der Waals surface area contributed by atoms with E-state index in [1.54, 1.807) is 0 Å². The Balaban J connectivity index is 1.40. The number of ether oxygens (including phenoxy) is 13. The topological polar surface area (TPSA) is 443 Å². The number of carbonyl (C=O) groups is 14. The standard InChI is InChI=1S/C72H113N7O27/c1-48(80)77-60-47-99-59(46-98-51(4)83)70(104-54(7)86)72(60,106-55(8)87)101-39-23-21-29-62(89)74-35-25-37-76-64(91)33-41-95-44-57(79-65(92)30-18-13-11-9-10-12-14-19-31-66(93)100-42-56-26-16-15-17-27-56)43-94-40-32-63(90)75-36-24-34-73-61(88)28-20-22-38-96-71-67(78-49(2)81)69(103-53(6)85)68(102-52(5)84)58(105-71)45-97-50(3)82/h15-17,26-27,57-60,67-71H,9-14,18-25,28-47H2,1-8H3,(H,73,88)(H,74,89)(H,75,90)(H,76,91)(H,77,80)(H,78,81)(H,79,92)/t57?,58-,59-,60+,67-,68+,69-,70+,71-,72-/m1/s1. The van der Waals surface area contributed by atoms with E-state index in [1.807, 2.05) is 30.3 Å². The van der Waals surface area contributed by atoms with Crippen LogP contribution in [0.3, 0.4) is 0 Å². The van der Waals surface area contributed by atoms with Gasteiger partial charge in [-0.2, -0.15) is 0 Å². The Kier molecular flexibility index (Phi) is 46.2. The van der Waals surface area contributed by atoms with Crippen LogP contribution in [0.1, 0.15) is 189 Å². The molecule has 3 rings (SSSR count). The normalized spacial score (nSPS) is 19.8. The summed E-state index contributed by atoms with van der Waals surface area (Å²) in [7, 11) is 0. The van der Waals surface area contributed by atoms with Crippen LogP contribution in [0.25, 0.3) is 0 Å². The van der Waals surface area contributed by atoms with Crippen molar-refractivity contribution >= 4 is 83.1 Å². The molecule has 0 saturated carbocycles. The molecular formula is C72H113N7O27. The van der Waals surface area contributed by atoms with Gasteiger partial charge in [-0.3, -0.25) is 67.1 Å². The lowest BCUT2D eigenvalue weighted by molar-refractivity contribution is -0.329. The minimum Gasteiger partial charge on any atom is -0.463 e. The molecule has 0 radical (unpaired) electrons. The van der Waals surface area contributed by atoms with Crippen molar-refractivity contribution in [2.75, 3.05) is 85.6 Å². The highest BCUT2D eigenvalue weighted by Crippen LogP contribution is 2.35. The maximum Gasteiger partial charge on any atom is 0.306 e. The first-order valence-corrected chi connectivity index (χ1v) is 36.4. The fraction of sp³-hybridized carbons (Fsp3) is 0.722. The fourth-order valence-corrected chi connectivity index (χ4v) is 11.2. The second-order valence-corrected chi connectivity index (χ2v) is 25.6. The lowest BCUT2D eigenvalue weighted by Crippen LogP contribution is -2.72. The largest absolute Gasteiger partial charge is 0.463 e. The quantitative estimate of drug-likeness (QED) is 0.0213. The van der Waals surface area contributed by atoms with Crippen LogP contribution in [0, 0.1) is 0 Å². The average Bonchev–Trinajstić information content (AvgIpc) is 0.760. The van der Waals surface area contributed by atoms with Gasteiger partial charge in [-0.1, -0.05) is 68.9 Å². The molecule has 0 aromatic heterocycles. The van der Waals surface area contributed by atoms with Crippen molar-refractivity contribution in [2.24, 2.45) is 0 Å². The molecule has 598 valence electrons. The van der Waals surface area contributed by atoms with Gasteiger partial charge in [-0.15, -0.1) is 0 Å². The summed E-state index contributed by atoms with van der Waals surface area (Å²) in [6.45, 7) is 9.52. The van der Waals surface area contributed by atoms with E-state index < -0.39 is 108 Å². The van der Waals surface area contributed by atoms with Crippen LogP contribution in [-0.4, -0.2) is 229 Å². The van der Waals surface area contributed by atoms with Gasteiger partial charge >= 0.3 is 41.8 Å². The van der Waals surface area contributed by atoms with Gasteiger partial charge in [0.15, 0.2) is 24.6 Å². The van der Waals surface area contributed by atoms with Crippen LogP contribution in [0.2, 0.25) is 0 Å². The zero-order chi connectivity index (χ0) is 78.1. The molecule has 34 nitrogen and oxygen atoms in total. The lowest BCUT2D eigenvalue weighted by Gasteiger charge is -2.49. The maximum absolute atomic E-state index is 13.2. The highest BCUT2D eigenvalue weighted by atomic mass is 16.8. The van der Waals surface area contributed by atoms with Crippen LogP contribution in [0.4, 0.5) is 0 Å². The van der Waals surface area contributed by atoms with Crippen molar-refractivity contribution in [2.45, 2.75) is 251 Å². The lowest BCUT2D eigenvalue weighted by atomic mass is 9.92.